The number of benzene rings is 3. The summed E-state index contributed by atoms with van der Waals surface area (Å²) in [4.78, 5) is 37.5. The topological polar surface area (TPSA) is 114 Å². The zero-order valence-corrected chi connectivity index (χ0v) is 21.4. The van der Waals surface area contributed by atoms with Crippen molar-refractivity contribution in [3.8, 4) is 11.1 Å². The molecular formula is C30H32N2O6. The van der Waals surface area contributed by atoms with Gasteiger partial charge in [0.15, 0.2) is 0 Å². The van der Waals surface area contributed by atoms with Crippen LogP contribution in [0.2, 0.25) is 0 Å². The quantitative estimate of drug-likeness (QED) is 0.346. The number of nitrogens with one attached hydrogen (secondary N) is 2. The van der Waals surface area contributed by atoms with Gasteiger partial charge in [0, 0.05) is 5.92 Å². The van der Waals surface area contributed by atoms with Crippen LogP contribution in [0, 0.1) is 0 Å². The van der Waals surface area contributed by atoms with E-state index in [0.29, 0.717) is 0 Å². The average molecular weight is 517 g/mol. The number of fused-ring (bicyclic) bond motifs is 3. The molecule has 0 saturated heterocycles. The molecule has 0 saturated carbocycles. The average Bonchev–Trinajstić information content (AvgIpc) is 3.26. The Morgan fingerprint density at radius 3 is 2.03 bits per heavy atom. The van der Waals surface area contributed by atoms with Crippen molar-refractivity contribution >= 4 is 18.0 Å². The van der Waals surface area contributed by atoms with Gasteiger partial charge in [-0.15, -0.1) is 0 Å². The number of carbonyl (C=O) groups excluding carboxylic acids is 2. The van der Waals surface area contributed by atoms with Crippen molar-refractivity contribution in [2.24, 2.45) is 0 Å². The van der Waals surface area contributed by atoms with Crippen molar-refractivity contribution in [3.05, 3.63) is 95.6 Å². The highest BCUT2D eigenvalue weighted by atomic mass is 16.5. The summed E-state index contributed by atoms with van der Waals surface area (Å²) >= 11 is 0. The molecule has 0 bridgehead atoms. The molecule has 3 aromatic rings. The third-order valence-electron chi connectivity index (χ3n) is 6.75. The lowest BCUT2D eigenvalue weighted by Gasteiger charge is -2.26. The molecule has 1 aliphatic rings. The molecule has 4 rings (SSSR count). The Kier molecular flexibility index (Phi) is 8.76. The number of hydrogen-bond donors (Lipinski definition) is 3. The van der Waals surface area contributed by atoms with Crippen molar-refractivity contribution in [1.82, 2.24) is 10.6 Å². The zero-order chi connectivity index (χ0) is 27.1. The number of ether oxygens (including phenoxy) is 2. The maximum atomic E-state index is 13.1. The normalized spacial score (nSPS) is 14.5. The summed E-state index contributed by atoms with van der Waals surface area (Å²) in [5.41, 5.74) is 5.26. The molecule has 3 N–H and O–H groups in total. The Labute approximate surface area is 222 Å². The Balaban J connectivity index is 1.45. The lowest BCUT2D eigenvalue weighted by molar-refractivity contribution is -0.142. The number of carboxylic acid groups (broad SMARTS) is 1. The summed E-state index contributed by atoms with van der Waals surface area (Å²) in [5, 5.41) is 14.5. The minimum absolute atomic E-state index is 0.0835. The van der Waals surface area contributed by atoms with E-state index < -0.39 is 36.2 Å². The SMILES string of the molecule is CC[C@H](NC(=O)C(NC(=O)OCC1c2ccccc2-c2ccccc21)C(C)OCc1ccccc1)C(=O)O. The van der Waals surface area contributed by atoms with Crippen LogP contribution in [0.5, 0.6) is 0 Å². The number of alkyl carbamates (subject to hydrolysis) is 1. The van der Waals surface area contributed by atoms with Crippen molar-refractivity contribution in [2.75, 3.05) is 6.61 Å². The van der Waals surface area contributed by atoms with Gasteiger partial charge in [-0.25, -0.2) is 9.59 Å². The van der Waals surface area contributed by atoms with E-state index in [1.807, 2.05) is 78.9 Å². The highest BCUT2D eigenvalue weighted by Gasteiger charge is 2.33. The van der Waals surface area contributed by atoms with Crippen LogP contribution in [-0.4, -0.2) is 47.9 Å². The Morgan fingerprint density at radius 1 is 0.868 bits per heavy atom. The number of amides is 2. The molecule has 3 aromatic carbocycles. The second-order valence-electron chi connectivity index (χ2n) is 9.26. The number of rotatable bonds is 11. The lowest BCUT2D eigenvalue weighted by Crippen LogP contribution is -2.56. The van der Waals surface area contributed by atoms with Crippen molar-refractivity contribution in [1.29, 1.82) is 0 Å². The summed E-state index contributed by atoms with van der Waals surface area (Å²) in [6.45, 7) is 3.61. The van der Waals surface area contributed by atoms with E-state index in [0.717, 1.165) is 27.8 Å². The monoisotopic (exact) mass is 516 g/mol. The predicted octanol–water partition coefficient (Wildman–Crippen LogP) is 4.48. The number of carboxylic acids is 1. The van der Waals surface area contributed by atoms with E-state index in [1.165, 1.54) is 0 Å². The zero-order valence-electron chi connectivity index (χ0n) is 21.4. The molecule has 0 fully saturated rings. The number of carbonyl (C=O) groups is 3. The molecule has 8 nitrogen and oxygen atoms in total. The summed E-state index contributed by atoms with van der Waals surface area (Å²) in [7, 11) is 0. The first-order chi connectivity index (χ1) is 18.4. The molecule has 0 aromatic heterocycles. The minimum Gasteiger partial charge on any atom is -0.480 e. The second kappa shape index (κ2) is 12.4. The maximum absolute atomic E-state index is 13.1. The Hall–Kier alpha value is -4.17. The molecule has 38 heavy (non-hydrogen) atoms. The standard InChI is InChI=1S/C30H32N2O6/c1-3-26(29(34)35)31-28(33)27(19(2)37-17-20-11-5-4-6-12-20)32-30(36)38-18-25-23-15-9-7-13-21(23)22-14-8-10-16-24(22)25/h4-16,19,25-27H,3,17-18H2,1-2H3,(H,31,33)(H,32,36)(H,34,35)/t19?,26-,27?/m0/s1. The molecule has 0 aliphatic heterocycles. The molecule has 0 radical (unpaired) electrons. The van der Waals surface area contributed by atoms with Gasteiger partial charge < -0.3 is 25.2 Å². The number of aliphatic carboxylic acids is 1. The molecule has 2 unspecified atom stereocenters. The van der Waals surface area contributed by atoms with Crippen LogP contribution in [0.1, 0.15) is 42.9 Å². The molecule has 1 aliphatic carbocycles. The van der Waals surface area contributed by atoms with Gasteiger partial charge in [0.05, 0.1) is 12.7 Å². The van der Waals surface area contributed by atoms with Crippen LogP contribution in [-0.2, 0) is 25.7 Å². The first-order valence-electron chi connectivity index (χ1n) is 12.7. The van der Waals surface area contributed by atoms with Gasteiger partial charge in [0.2, 0.25) is 5.91 Å². The van der Waals surface area contributed by atoms with Crippen LogP contribution in [0.25, 0.3) is 11.1 Å². The van der Waals surface area contributed by atoms with Crippen molar-refractivity contribution in [2.45, 2.75) is 51.0 Å². The molecule has 8 heteroatoms. The largest absolute Gasteiger partial charge is 0.480 e. The number of hydrogen-bond acceptors (Lipinski definition) is 5. The Bertz CT molecular complexity index is 1230. The predicted molar refractivity (Wildman–Crippen MR) is 143 cm³/mol. The van der Waals surface area contributed by atoms with Gasteiger partial charge in [0.1, 0.15) is 18.7 Å². The highest BCUT2D eigenvalue weighted by Crippen LogP contribution is 2.44. The van der Waals surface area contributed by atoms with Gasteiger partial charge in [-0.05, 0) is 41.2 Å². The van der Waals surface area contributed by atoms with Crippen molar-refractivity contribution in [3.63, 3.8) is 0 Å². The van der Waals surface area contributed by atoms with Crippen LogP contribution in [0.4, 0.5) is 4.79 Å². The minimum atomic E-state index is -1.16. The van der Waals surface area contributed by atoms with Crippen molar-refractivity contribution < 1.29 is 29.0 Å². The molecule has 0 spiro atoms. The molecule has 3 atom stereocenters. The van der Waals surface area contributed by atoms with E-state index >= 15 is 0 Å². The summed E-state index contributed by atoms with van der Waals surface area (Å²) in [6, 6.07) is 23.2. The van der Waals surface area contributed by atoms with E-state index in [-0.39, 0.29) is 25.6 Å². The third kappa shape index (κ3) is 6.20. The smallest absolute Gasteiger partial charge is 0.407 e. The van der Waals surface area contributed by atoms with Gasteiger partial charge in [-0.1, -0.05) is 85.8 Å². The van der Waals surface area contributed by atoms with E-state index in [9.17, 15) is 19.5 Å². The maximum Gasteiger partial charge on any atom is 0.407 e. The lowest BCUT2D eigenvalue weighted by atomic mass is 9.98. The third-order valence-corrected chi connectivity index (χ3v) is 6.75. The van der Waals surface area contributed by atoms with Crippen LogP contribution in [0.15, 0.2) is 78.9 Å². The second-order valence-corrected chi connectivity index (χ2v) is 9.26. The molecule has 2 amide bonds. The first kappa shape index (κ1) is 26.9. The molecule has 198 valence electrons. The van der Waals surface area contributed by atoms with E-state index in [2.05, 4.69) is 10.6 Å². The summed E-state index contributed by atoms with van der Waals surface area (Å²) in [6.07, 6.45) is -1.36. The fourth-order valence-corrected chi connectivity index (χ4v) is 4.66. The fourth-order valence-electron chi connectivity index (χ4n) is 4.66. The fraction of sp³-hybridized carbons (Fsp3) is 0.300. The van der Waals surface area contributed by atoms with Gasteiger partial charge in [-0.3, -0.25) is 4.79 Å². The molecular weight excluding hydrogens is 484 g/mol. The Morgan fingerprint density at radius 2 is 1.45 bits per heavy atom. The summed E-state index contributed by atoms with van der Waals surface area (Å²) < 4.78 is 11.5. The van der Waals surface area contributed by atoms with Gasteiger partial charge in [0.25, 0.3) is 0 Å². The summed E-state index contributed by atoms with van der Waals surface area (Å²) in [5.74, 6) is -1.95. The van der Waals surface area contributed by atoms with Gasteiger partial charge in [-0.2, -0.15) is 0 Å². The highest BCUT2D eigenvalue weighted by molar-refractivity contribution is 5.89. The van der Waals surface area contributed by atoms with Crippen LogP contribution < -0.4 is 10.6 Å². The first-order valence-corrected chi connectivity index (χ1v) is 12.7. The van der Waals surface area contributed by atoms with E-state index in [1.54, 1.807) is 13.8 Å². The van der Waals surface area contributed by atoms with Crippen LogP contribution in [0.3, 0.4) is 0 Å². The molecule has 0 heterocycles. The van der Waals surface area contributed by atoms with E-state index in [4.69, 9.17) is 9.47 Å². The van der Waals surface area contributed by atoms with Gasteiger partial charge >= 0.3 is 12.1 Å². The van der Waals surface area contributed by atoms with Crippen LogP contribution >= 0.6 is 0 Å².